The van der Waals surface area contributed by atoms with E-state index in [2.05, 4.69) is 19.9 Å². The van der Waals surface area contributed by atoms with Crippen molar-refractivity contribution in [1.29, 1.82) is 0 Å². The summed E-state index contributed by atoms with van der Waals surface area (Å²) in [7, 11) is 0.718. The van der Waals surface area contributed by atoms with Crippen LogP contribution in [0.3, 0.4) is 0 Å². The van der Waals surface area contributed by atoms with Gasteiger partial charge in [-0.15, -0.1) is 0 Å². The van der Waals surface area contributed by atoms with Crippen LogP contribution in [0.1, 0.15) is 5.56 Å². The standard InChI is InChI=1S/C14H14N4O2S/c1-20-12-5-9(7-21(2)19)3-4-10(12)13-17-11-6-15-8-16-14(11)18-13/h3-6,8H,7H2,1-2H3,(H,15,16,17,18). The highest BCUT2D eigenvalue weighted by Gasteiger charge is 2.12. The van der Waals surface area contributed by atoms with Crippen molar-refractivity contribution in [2.45, 2.75) is 5.75 Å². The number of nitrogens with one attached hydrogen (secondary N) is 1. The molecule has 0 saturated heterocycles. The van der Waals surface area contributed by atoms with Crippen molar-refractivity contribution in [3.8, 4) is 17.1 Å². The molecule has 0 fully saturated rings. The molecule has 1 N–H and O–H groups in total. The van der Waals surface area contributed by atoms with Gasteiger partial charge in [0.1, 0.15) is 23.4 Å². The zero-order valence-electron chi connectivity index (χ0n) is 11.7. The normalized spacial score (nSPS) is 12.5. The molecule has 3 rings (SSSR count). The number of aromatic nitrogens is 4. The lowest BCUT2D eigenvalue weighted by atomic mass is 10.1. The highest BCUT2D eigenvalue weighted by Crippen LogP contribution is 2.30. The van der Waals surface area contributed by atoms with Gasteiger partial charge in [-0.05, 0) is 17.7 Å². The lowest BCUT2D eigenvalue weighted by molar-refractivity contribution is 0.416. The second-order valence-corrected chi connectivity index (χ2v) is 6.03. The Morgan fingerprint density at radius 2 is 2.24 bits per heavy atom. The average Bonchev–Trinajstić information content (AvgIpc) is 2.90. The number of imidazole rings is 1. The van der Waals surface area contributed by atoms with Gasteiger partial charge in [0.15, 0.2) is 5.65 Å². The summed E-state index contributed by atoms with van der Waals surface area (Å²) in [5.41, 5.74) is 3.18. The van der Waals surface area contributed by atoms with Gasteiger partial charge in [0.05, 0.1) is 18.9 Å². The van der Waals surface area contributed by atoms with Gasteiger partial charge in [0.2, 0.25) is 0 Å². The minimum atomic E-state index is -0.888. The van der Waals surface area contributed by atoms with Crippen LogP contribution < -0.4 is 4.74 Å². The first kappa shape index (κ1) is 13.7. The topological polar surface area (TPSA) is 80.8 Å². The molecule has 1 aromatic carbocycles. The third-order valence-electron chi connectivity index (χ3n) is 3.05. The summed E-state index contributed by atoms with van der Waals surface area (Å²) in [4.78, 5) is 15.7. The maximum absolute atomic E-state index is 11.3. The predicted molar refractivity (Wildman–Crippen MR) is 81.4 cm³/mol. The average molecular weight is 302 g/mol. The number of H-pyrrole nitrogens is 1. The van der Waals surface area contributed by atoms with Crippen LogP contribution in [-0.4, -0.2) is 37.5 Å². The third kappa shape index (κ3) is 2.78. The highest BCUT2D eigenvalue weighted by molar-refractivity contribution is 7.83. The van der Waals surface area contributed by atoms with E-state index in [0.29, 0.717) is 23.0 Å². The summed E-state index contributed by atoms with van der Waals surface area (Å²) in [5, 5.41) is 0. The summed E-state index contributed by atoms with van der Waals surface area (Å²) >= 11 is 0. The Labute approximate surface area is 124 Å². The Morgan fingerprint density at radius 1 is 1.38 bits per heavy atom. The number of hydrogen-bond donors (Lipinski definition) is 1. The number of nitrogens with zero attached hydrogens (tertiary/aromatic N) is 3. The van der Waals surface area contributed by atoms with Gasteiger partial charge in [-0.2, -0.15) is 0 Å². The Bertz CT molecular complexity index is 783. The molecule has 0 amide bonds. The largest absolute Gasteiger partial charge is 0.496 e. The van der Waals surface area contributed by atoms with E-state index in [-0.39, 0.29) is 0 Å². The second kappa shape index (κ2) is 5.61. The monoisotopic (exact) mass is 302 g/mol. The molecule has 0 aliphatic carbocycles. The highest BCUT2D eigenvalue weighted by atomic mass is 32.2. The van der Waals surface area contributed by atoms with Crippen LogP contribution in [0.25, 0.3) is 22.6 Å². The van der Waals surface area contributed by atoms with Gasteiger partial charge >= 0.3 is 0 Å². The van der Waals surface area contributed by atoms with Crippen molar-refractivity contribution >= 4 is 22.0 Å². The Morgan fingerprint density at radius 3 is 2.95 bits per heavy atom. The van der Waals surface area contributed by atoms with Gasteiger partial charge in [-0.3, -0.25) is 4.21 Å². The van der Waals surface area contributed by atoms with Crippen molar-refractivity contribution in [3.63, 3.8) is 0 Å². The summed E-state index contributed by atoms with van der Waals surface area (Å²) in [5.74, 6) is 1.86. The maximum atomic E-state index is 11.3. The van der Waals surface area contributed by atoms with E-state index in [1.807, 2.05) is 18.2 Å². The number of aromatic amines is 1. The Kier molecular flexibility index (Phi) is 3.66. The number of benzene rings is 1. The molecular formula is C14H14N4O2S. The van der Waals surface area contributed by atoms with Crippen LogP contribution in [-0.2, 0) is 16.6 Å². The van der Waals surface area contributed by atoms with E-state index in [1.54, 1.807) is 19.6 Å². The van der Waals surface area contributed by atoms with Crippen LogP contribution in [0.15, 0.2) is 30.7 Å². The number of rotatable bonds is 4. The molecule has 2 heterocycles. The minimum Gasteiger partial charge on any atom is -0.496 e. The van der Waals surface area contributed by atoms with Crippen molar-refractivity contribution < 1.29 is 8.95 Å². The summed E-state index contributed by atoms with van der Waals surface area (Å²) < 4.78 is 16.7. The van der Waals surface area contributed by atoms with Crippen LogP contribution in [0, 0.1) is 0 Å². The lowest BCUT2D eigenvalue weighted by Gasteiger charge is -2.08. The fourth-order valence-corrected chi connectivity index (χ4v) is 2.79. The molecule has 0 aliphatic rings. The van der Waals surface area contributed by atoms with Gasteiger partial charge in [-0.25, -0.2) is 15.0 Å². The van der Waals surface area contributed by atoms with Crippen LogP contribution in [0.4, 0.5) is 0 Å². The summed E-state index contributed by atoms with van der Waals surface area (Å²) in [6.07, 6.45) is 4.82. The van der Waals surface area contributed by atoms with Crippen LogP contribution >= 0.6 is 0 Å². The van der Waals surface area contributed by atoms with Crippen molar-refractivity contribution in [2.75, 3.05) is 13.4 Å². The van der Waals surface area contributed by atoms with Crippen molar-refractivity contribution in [3.05, 3.63) is 36.3 Å². The van der Waals surface area contributed by atoms with Crippen LogP contribution in [0.2, 0.25) is 0 Å². The van der Waals surface area contributed by atoms with E-state index in [4.69, 9.17) is 4.74 Å². The van der Waals surface area contributed by atoms with Crippen LogP contribution in [0.5, 0.6) is 5.75 Å². The quantitative estimate of drug-likeness (QED) is 0.796. The molecule has 0 bridgehead atoms. The summed E-state index contributed by atoms with van der Waals surface area (Å²) in [6.45, 7) is 0. The van der Waals surface area contributed by atoms with Gasteiger partial charge in [0.25, 0.3) is 0 Å². The fraction of sp³-hybridized carbons (Fsp3) is 0.214. The molecule has 3 aromatic rings. The Balaban J connectivity index is 2.06. The minimum absolute atomic E-state index is 0.502. The van der Waals surface area contributed by atoms with E-state index in [9.17, 15) is 4.21 Å². The first-order valence-corrected chi connectivity index (χ1v) is 8.03. The number of methoxy groups -OCH3 is 1. The van der Waals surface area contributed by atoms with E-state index in [0.717, 1.165) is 16.6 Å². The van der Waals surface area contributed by atoms with E-state index < -0.39 is 10.8 Å². The molecule has 21 heavy (non-hydrogen) atoms. The molecule has 0 aliphatic heterocycles. The van der Waals surface area contributed by atoms with E-state index >= 15 is 0 Å². The first-order chi connectivity index (χ1) is 10.2. The van der Waals surface area contributed by atoms with Gasteiger partial charge < -0.3 is 9.72 Å². The van der Waals surface area contributed by atoms with Crippen molar-refractivity contribution in [2.24, 2.45) is 0 Å². The molecule has 0 saturated carbocycles. The molecule has 1 unspecified atom stereocenters. The molecular weight excluding hydrogens is 288 g/mol. The smallest absolute Gasteiger partial charge is 0.181 e. The SMILES string of the molecule is COc1cc(CS(C)=O)ccc1-c1nc2ncncc2[nH]1. The molecule has 0 radical (unpaired) electrons. The van der Waals surface area contributed by atoms with Gasteiger partial charge in [0, 0.05) is 22.8 Å². The molecule has 7 heteroatoms. The molecule has 1 atom stereocenters. The molecule has 2 aromatic heterocycles. The number of hydrogen-bond acceptors (Lipinski definition) is 5. The van der Waals surface area contributed by atoms with E-state index in [1.165, 1.54) is 6.33 Å². The first-order valence-electron chi connectivity index (χ1n) is 6.30. The Hall–Kier alpha value is -2.28. The second-order valence-electron chi connectivity index (χ2n) is 4.60. The van der Waals surface area contributed by atoms with Gasteiger partial charge in [-0.1, -0.05) is 6.07 Å². The number of ether oxygens (including phenoxy) is 1. The third-order valence-corrected chi connectivity index (χ3v) is 3.79. The summed E-state index contributed by atoms with van der Waals surface area (Å²) in [6, 6.07) is 5.72. The fourth-order valence-electron chi connectivity index (χ4n) is 2.15. The molecule has 108 valence electrons. The lowest BCUT2D eigenvalue weighted by Crippen LogP contribution is -1.95. The zero-order valence-corrected chi connectivity index (χ0v) is 12.5. The maximum Gasteiger partial charge on any atom is 0.181 e. The molecule has 6 nitrogen and oxygen atoms in total. The zero-order chi connectivity index (χ0) is 14.8. The van der Waals surface area contributed by atoms with Crippen molar-refractivity contribution in [1.82, 2.24) is 19.9 Å². The predicted octanol–water partition coefficient (Wildman–Crippen LogP) is 1.91. The number of fused-ring (bicyclic) bond motifs is 1. The molecule has 0 spiro atoms.